The van der Waals surface area contributed by atoms with E-state index in [1.54, 1.807) is 0 Å². The minimum absolute atomic E-state index is 0.722. The number of rotatable bonds is 0. The summed E-state index contributed by atoms with van der Waals surface area (Å²) in [6, 6.07) is 0. The molecule has 1 aliphatic rings. The minimum atomic E-state index is 0.722. The fourth-order valence-corrected chi connectivity index (χ4v) is 0.241. The second-order valence-corrected chi connectivity index (χ2v) is 0.838. The van der Waals surface area contributed by atoms with Gasteiger partial charge in [-0.2, -0.15) is 0 Å². The molecule has 0 aromatic heterocycles. The first-order valence-electron chi connectivity index (χ1n) is 1.55. The molecule has 0 spiro atoms. The van der Waals surface area contributed by atoms with Crippen molar-refractivity contribution in [1.29, 1.82) is 0 Å². The molecule has 2 nitrogen and oxygen atoms in total. The van der Waals surface area contributed by atoms with Gasteiger partial charge >= 0.3 is 6.47 Å². The third-order valence-corrected chi connectivity index (χ3v) is 0.455. The van der Waals surface area contributed by atoms with Crippen LogP contribution in [0.15, 0.2) is 0 Å². The molecule has 0 saturated heterocycles. The van der Waals surface area contributed by atoms with Gasteiger partial charge in [0, 0.05) is 0 Å². The Morgan fingerprint density at radius 3 is 3.00 bits per heavy atom. The summed E-state index contributed by atoms with van der Waals surface area (Å²) >= 11 is 0. The van der Waals surface area contributed by atoms with Crippen molar-refractivity contribution in [3.63, 3.8) is 0 Å². The number of cyclic esters (lactones) is 1. The molecule has 0 saturated carbocycles. The van der Waals surface area contributed by atoms with Gasteiger partial charge in [0.05, 0.1) is 0 Å². The van der Waals surface area contributed by atoms with Crippen molar-refractivity contribution in [3.05, 3.63) is 0 Å². The van der Waals surface area contributed by atoms with E-state index >= 15 is 0 Å². The van der Waals surface area contributed by atoms with Crippen molar-refractivity contribution < 1.29 is 9.16 Å². The Balaban J connectivity index is 2.32. The third-order valence-electron chi connectivity index (χ3n) is 0.455. The first-order chi connectivity index (χ1) is 2.50. The first kappa shape index (κ1) is 2.69. The summed E-state index contributed by atoms with van der Waals surface area (Å²) < 4.78 is 9.19. The lowest BCUT2D eigenvalue weighted by molar-refractivity contribution is -0.439. The van der Waals surface area contributed by atoms with Crippen LogP contribution in [0.5, 0.6) is 0 Å². The molecule has 1 aliphatic heterocycles. The van der Waals surface area contributed by atoms with Crippen molar-refractivity contribution in [3.8, 4) is 0 Å². The molecular formula is C3H5O2+. The van der Waals surface area contributed by atoms with Crippen molar-refractivity contribution >= 4 is 6.47 Å². The molecule has 0 unspecified atom stereocenters. The maximum absolute atomic E-state index is 4.60. The van der Waals surface area contributed by atoms with Crippen LogP contribution in [0.3, 0.4) is 0 Å². The molecule has 0 atom stereocenters. The van der Waals surface area contributed by atoms with E-state index in [9.17, 15) is 0 Å². The zero-order valence-electron chi connectivity index (χ0n) is 2.81. The van der Waals surface area contributed by atoms with Gasteiger partial charge in [-0.25, -0.2) is 0 Å². The molecule has 0 N–H and O–H groups in total. The largest absolute Gasteiger partial charge is 0.473 e. The average molecular weight is 73.1 g/mol. The van der Waals surface area contributed by atoms with Crippen molar-refractivity contribution in [1.82, 2.24) is 0 Å². The predicted octanol–water partition coefficient (Wildman–Crippen LogP) is -0.291. The van der Waals surface area contributed by atoms with Crippen LogP contribution in [0.1, 0.15) is 0 Å². The van der Waals surface area contributed by atoms with Gasteiger partial charge in [0.1, 0.15) is 0 Å². The lowest BCUT2D eigenvalue weighted by Crippen LogP contribution is -1.81. The highest BCUT2D eigenvalue weighted by Gasteiger charge is 1.99. The lowest BCUT2D eigenvalue weighted by Gasteiger charge is -1.60. The van der Waals surface area contributed by atoms with Gasteiger partial charge in [-0.1, -0.05) is 0 Å². The minimum Gasteiger partial charge on any atom is -0.317 e. The Morgan fingerprint density at radius 1 is 1.80 bits per heavy atom. The van der Waals surface area contributed by atoms with Gasteiger partial charge < -0.3 is 9.16 Å². The van der Waals surface area contributed by atoms with E-state index < -0.39 is 0 Å². The summed E-state index contributed by atoms with van der Waals surface area (Å²) in [6.07, 6.45) is 0. The molecular weight excluding hydrogens is 68.0 g/mol. The molecule has 0 aliphatic carbocycles. The maximum atomic E-state index is 4.60. The smallest absolute Gasteiger partial charge is 0.317 e. The summed E-state index contributed by atoms with van der Waals surface area (Å²) in [4.78, 5) is 0. The van der Waals surface area contributed by atoms with Gasteiger partial charge in [-0.3, -0.25) is 0 Å². The Kier molecular flexibility index (Phi) is 0.571. The number of hydrogen-bond donors (Lipinski definition) is 0. The molecule has 28 valence electrons. The Hall–Kier alpha value is -0.530. The summed E-state index contributed by atoms with van der Waals surface area (Å²) in [7, 11) is 0. The average Bonchev–Trinajstić information content (AvgIpc) is 1.76. The highest BCUT2D eigenvalue weighted by atomic mass is 16.6. The van der Waals surface area contributed by atoms with Gasteiger partial charge in [0.15, 0.2) is 0 Å². The summed E-state index contributed by atoms with van der Waals surface area (Å²) in [5.74, 6) is 0. The molecule has 0 fully saturated rings. The fraction of sp³-hybridized carbons (Fsp3) is 0.667. The van der Waals surface area contributed by atoms with Gasteiger partial charge in [0.25, 0.3) is 0 Å². The van der Waals surface area contributed by atoms with Crippen LogP contribution >= 0.6 is 0 Å². The topological polar surface area (TPSA) is 20.5 Å². The third kappa shape index (κ3) is 0.375. The SMILES string of the molecule is C1=[O+]CCO1. The summed E-state index contributed by atoms with van der Waals surface area (Å²) in [5.41, 5.74) is 0. The van der Waals surface area contributed by atoms with E-state index in [1.165, 1.54) is 6.47 Å². The lowest BCUT2D eigenvalue weighted by atomic mass is 10.8. The van der Waals surface area contributed by atoms with Crippen LogP contribution in [0.4, 0.5) is 0 Å². The van der Waals surface area contributed by atoms with E-state index in [-0.39, 0.29) is 0 Å². The zero-order valence-corrected chi connectivity index (χ0v) is 2.81. The normalized spacial score (nSPS) is 19.2. The van der Waals surface area contributed by atoms with E-state index in [2.05, 4.69) is 9.16 Å². The molecule has 0 amide bonds. The zero-order chi connectivity index (χ0) is 3.54. The van der Waals surface area contributed by atoms with Crippen LogP contribution in [0.25, 0.3) is 0 Å². The number of carbonyl (C=O) groups excluding carboxylic acids is 1. The molecule has 0 aromatic carbocycles. The Morgan fingerprint density at radius 2 is 2.80 bits per heavy atom. The quantitative estimate of drug-likeness (QED) is 0.285. The van der Waals surface area contributed by atoms with E-state index in [0.29, 0.717) is 0 Å². The second kappa shape index (κ2) is 1.06. The molecule has 1 heterocycles. The predicted molar refractivity (Wildman–Crippen MR) is 16.9 cm³/mol. The number of hydrogen-bond acceptors (Lipinski definition) is 1. The molecule has 5 heavy (non-hydrogen) atoms. The van der Waals surface area contributed by atoms with Crippen LogP contribution in [0, 0.1) is 0 Å². The summed E-state index contributed by atoms with van der Waals surface area (Å²) in [5, 5.41) is 0. The monoisotopic (exact) mass is 73.0 g/mol. The van der Waals surface area contributed by atoms with Crippen molar-refractivity contribution in [2.45, 2.75) is 0 Å². The standard InChI is InChI=1S/C3H5O2/c1-2-5-3-4-1/h3H,1-2H2/q+1. The van der Waals surface area contributed by atoms with Crippen LogP contribution in [-0.2, 0) is 9.16 Å². The van der Waals surface area contributed by atoms with Gasteiger partial charge in [0.2, 0.25) is 13.2 Å². The van der Waals surface area contributed by atoms with Crippen molar-refractivity contribution in [2.75, 3.05) is 13.2 Å². The van der Waals surface area contributed by atoms with Crippen LogP contribution in [0.2, 0.25) is 0 Å². The number of ether oxygens (including phenoxy) is 1. The van der Waals surface area contributed by atoms with E-state index in [0.717, 1.165) is 13.2 Å². The highest BCUT2D eigenvalue weighted by Crippen LogP contribution is 1.72. The maximum Gasteiger partial charge on any atom is 0.473 e. The fourth-order valence-electron chi connectivity index (χ4n) is 0.241. The van der Waals surface area contributed by atoms with E-state index in [1.807, 2.05) is 0 Å². The first-order valence-corrected chi connectivity index (χ1v) is 1.55. The Bertz CT molecular complexity index is 42.9. The van der Waals surface area contributed by atoms with Crippen molar-refractivity contribution in [2.24, 2.45) is 0 Å². The molecule has 2 heteroatoms. The molecule has 1 rings (SSSR count). The molecule has 0 radical (unpaired) electrons. The second-order valence-electron chi connectivity index (χ2n) is 0.838. The highest BCUT2D eigenvalue weighted by molar-refractivity contribution is 5.38. The van der Waals surface area contributed by atoms with E-state index in [4.69, 9.17) is 0 Å². The summed E-state index contributed by atoms with van der Waals surface area (Å²) in [6.45, 7) is 2.81. The van der Waals surface area contributed by atoms with Crippen LogP contribution in [-0.4, -0.2) is 19.7 Å². The van der Waals surface area contributed by atoms with Gasteiger partial charge in [-0.05, 0) is 0 Å². The van der Waals surface area contributed by atoms with Gasteiger partial charge in [-0.15, -0.1) is 0 Å². The van der Waals surface area contributed by atoms with Crippen LogP contribution < -0.4 is 0 Å². The molecule has 0 bridgehead atoms. The Labute approximate surface area is 30.1 Å². The molecule has 0 aromatic rings.